The summed E-state index contributed by atoms with van der Waals surface area (Å²) in [7, 11) is 0. The zero-order valence-electron chi connectivity index (χ0n) is 16.6. The quantitative estimate of drug-likeness (QED) is 0.774. The molecule has 2 aromatic carbocycles. The predicted octanol–water partition coefficient (Wildman–Crippen LogP) is 1.38. The first-order chi connectivity index (χ1) is 14.5. The maximum absolute atomic E-state index is 14.2. The Balaban J connectivity index is 1.41. The van der Waals surface area contributed by atoms with Crippen molar-refractivity contribution in [1.82, 2.24) is 14.7 Å². The van der Waals surface area contributed by atoms with E-state index in [0.717, 1.165) is 12.1 Å². The second-order valence-corrected chi connectivity index (χ2v) is 8.54. The predicted molar refractivity (Wildman–Crippen MR) is 108 cm³/mol. The number of nitrogens with zero attached hydrogens (tertiary/aromatic N) is 3. The summed E-state index contributed by atoms with van der Waals surface area (Å²) < 4.78 is 14.2. The van der Waals surface area contributed by atoms with Gasteiger partial charge in [-0.3, -0.25) is 24.3 Å². The number of likely N-dealkylation sites (tertiary alicyclic amines) is 1. The summed E-state index contributed by atoms with van der Waals surface area (Å²) in [5.74, 6) is -1.06. The summed E-state index contributed by atoms with van der Waals surface area (Å²) in [6, 6.07) is 15.7. The van der Waals surface area contributed by atoms with E-state index < -0.39 is 23.5 Å². The Labute approximate surface area is 174 Å². The largest absolute Gasteiger partial charge is 0.392 e. The number of aliphatic hydroxyl groups excluding tert-OH is 1. The third-order valence-corrected chi connectivity index (χ3v) is 6.53. The number of aliphatic hydroxyl groups is 1. The fourth-order valence-corrected chi connectivity index (χ4v) is 5.09. The summed E-state index contributed by atoms with van der Waals surface area (Å²) >= 11 is 0. The fourth-order valence-electron chi connectivity index (χ4n) is 5.09. The van der Waals surface area contributed by atoms with E-state index in [1.807, 2.05) is 35.2 Å². The zero-order chi connectivity index (χ0) is 20.9. The van der Waals surface area contributed by atoms with Gasteiger partial charge in [0.05, 0.1) is 18.7 Å². The summed E-state index contributed by atoms with van der Waals surface area (Å²) in [6.45, 7) is 1.94. The van der Waals surface area contributed by atoms with Crippen molar-refractivity contribution >= 4 is 11.8 Å². The first-order valence-electron chi connectivity index (χ1n) is 10.3. The molecule has 3 aliphatic heterocycles. The second-order valence-electron chi connectivity index (χ2n) is 8.54. The van der Waals surface area contributed by atoms with E-state index in [4.69, 9.17) is 0 Å². The van der Waals surface area contributed by atoms with E-state index in [1.165, 1.54) is 11.0 Å². The van der Waals surface area contributed by atoms with Crippen LogP contribution in [-0.2, 0) is 22.7 Å². The molecule has 3 saturated heterocycles. The van der Waals surface area contributed by atoms with Crippen molar-refractivity contribution in [1.29, 1.82) is 0 Å². The number of amides is 2. The number of benzene rings is 2. The lowest BCUT2D eigenvalue weighted by Crippen LogP contribution is -2.81. The van der Waals surface area contributed by atoms with Crippen LogP contribution in [0.2, 0.25) is 0 Å². The highest BCUT2D eigenvalue weighted by Gasteiger charge is 2.64. The summed E-state index contributed by atoms with van der Waals surface area (Å²) in [5.41, 5.74) is 0.644. The molecule has 1 spiro atoms. The summed E-state index contributed by atoms with van der Waals surface area (Å²) in [5, 5.41) is 10.2. The first kappa shape index (κ1) is 19.4. The van der Waals surface area contributed by atoms with Crippen molar-refractivity contribution in [3.8, 4) is 0 Å². The number of β-amino-alcohol motifs (C(OH)–C–C–N with tert-alkyl or cyclic N) is 1. The van der Waals surface area contributed by atoms with Crippen LogP contribution >= 0.6 is 0 Å². The fraction of sp³-hybridized carbons (Fsp3) is 0.391. The highest BCUT2D eigenvalue weighted by molar-refractivity contribution is 6.06. The molecule has 6 nitrogen and oxygen atoms in total. The maximum Gasteiger partial charge on any atom is 0.252 e. The van der Waals surface area contributed by atoms with Crippen LogP contribution in [0.25, 0.3) is 0 Å². The van der Waals surface area contributed by atoms with Crippen LogP contribution in [0.4, 0.5) is 4.39 Å². The number of hydrogen-bond donors (Lipinski definition) is 1. The number of fused-ring (bicyclic) bond motifs is 2. The minimum atomic E-state index is -0.837. The maximum atomic E-state index is 14.2. The second kappa shape index (κ2) is 7.27. The Morgan fingerprint density at radius 1 is 1.00 bits per heavy atom. The molecule has 0 aliphatic carbocycles. The van der Waals surface area contributed by atoms with Gasteiger partial charge in [0.2, 0.25) is 5.91 Å². The molecule has 2 aromatic rings. The van der Waals surface area contributed by atoms with Gasteiger partial charge >= 0.3 is 0 Å². The number of piperazine rings is 1. The Morgan fingerprint density at radius 3 is 2.43 bits per heavy atom. The molecule has 0 aromatic heterocycles. The molecular weight excluding hydrogens is 385 g/mol. The summed E-state index contributed by atoms with van der Waals surface area (Å²) in [4.78, 5) is 31.9. The van der Waals surface area contributed by atoms with Gasteiger partial charge < -0.3 is 5.11 Å². The molecular formula is C23H24FN3O3. The lowest BCUT2D eigenvalue weighted by molar-refractivity contribution is -0.181. The van der Waals surface area contributed by atoms with E-state index in [1.54, 1.807) is 18.2 Å². The number of imide groups is 1. The smallest absolute Gasteiger partial charge is 0.252 e. The molecule has 1 N–H and O–H groups in total. The average Bonchev–Trinajstić information content (AvgIpc) is 3.11. The number of carbonyl (C=O) groups is 2. The summed E-state index contributed by atoms with van der Waals surface area (Å²) in [6.07, 6.45) is -0.333. The van der Waals surface area contributed by atoms with Crippen molar-refractivity contribution in [2.45, 2.75) is 37.2 Å². The highest BCUT2D eigenvalue weighted by atomic mass is 19.1. The minimum absolute atomic E-state index is 0.0782. The molecule has 7 heteroatoms. The van der Waals surface area contributed by atoms with Gasteiger partial charge in [-0.05, 0) is 18.1 Å². The Bertz CT molecular complexity index is 977. The number of carbonyl (C=O) groups excluding carboxylic acids is 2. The standard InChI is InChI=1S/C23H24FN3O3/c24-19-9-5-4-8-17(19)12-26-21(29)20-10-18(28)13-27(20)23(22(26)30)14-25(15-23)11-16-6-2-1-3-7-16/h1-9,18,20,28H,10-15H2. The van der Waals surface area contributed by atoms with Crippen molar-refractivity contribution in [3.63, 3.8) is 0 Å². The van der Waals surface area contributed by atoms with E-state index in [2.05, 4.69) is 4.90 Å². The molecule has 0 saturated carbocycles. The van der Waals surface area contributed by atoms with Gasteiger partial charge in [0.25, 0.3) is 5.91 Å². The van der Waals surface area contributed by atoms with Gasteiger partial charge in [0.15, 0.2) is 0 Å². The topological polar surface area (TPSA) is 64.1 Å². The van der Waals surface area contributed by atoms with Crippen LogP contribution in [0, 0.1) is 5.82 Å². The monoisotopic (exact) mass is 409 g/mol. The number of hydrogen-bond acceptors (Lipinski definition) is 5. The molecule has 3 fully saturated rings. The molecule has 3 aliphatic rings. The van der Waals surface area contributed by atoms with Crippen molar-refractivity contribution in [3.05, 3.63) is 71.5 Å². The van der Waals surface area contributed by atoms with Crippen molar-refractivity contribution in [2.75, 3.05) is 19.6 Å². The zero-order valence-corrected chi connectivity index (χ0v) is 16.6. The molecule has 0 bridgehead atoms. The van der Waals surface area contributed by atoms with Crippen LogP contribution in [0.15, 0.2) is 54.6 Å². The number of rotatable bonds is 4. The van der Waals surface area contributed by atoms with Crippen molar-refractivity contribution in [2.24, 2.45) is 0 Å². The molecule has 30 heavy (non-hydrogen) atoms. The van der Waals surface area contributed by atoms with Crippen LogP contribution in [0.5, 0.6) is 0 Å². The minimum Gasteiger partial charge on any atom is -0.392 e. The van der Waals surface area contributed by atoms with E-state index in [0.29, 0.717) is 31.6 Å². The van der Waals surface area contributed by atoms with Gasteiger partial charge in [0.1, 0.15) is 11.4 Å². The molecule has 2 amide bonds. The molecule has 5 rings (SSSR count). The molecule has 3 heterocycles. The van der Waals surface area contributed by atoms with Gasteiger partial charge in [0, 0.05) is 31.7 Å². The van der Waals surface area contributed by atoms with E-state index in [9.17, 15) is 19.1 Å². The average molecular weight is 409 g/mol. The lowest BCUT2D eigenvalue weighted by atomic mass is 9.82. The van der Waals surface area contributed by atoms with Crippen LogP contribution in [0.1, 0.15) is 17.5 Å². The molecule has 156 valence electrons. The van der Waals surface area contributed by atoms with Crippen LogP contribution < -0.4 is 0 Å². The number of halogens is 1. The SMILES string of the molecule is O=C1C2CC(O)CN2C2(CN(Cc3ccccc3)C2)C(=O)N1Cc1ccccc1F. The Kier molecular flexibility index (Phi) is 4.69. The molecule has 2 atom stereocenters. The lowest BCUT2D eigenvalue weighted by Gasteiger charge is -2.58. The normalized spacial score (nSPS) is 26.1. The van der Waals surface area contributed by atoms with Crippen LogP contribution in [-0.4, -0.2) is 68.9 Å². The third kappa shape index (κ3) is 3.05. The molecule has 2 unspecified atom stereocenters. The highest BCUT2D eigenvalue weighted by Crippen LogP contribution is 2.41. The third-order valence-electron chi connectivity index (χ3n) is 6.53. The van der Waals surface area contributed by atoms with Crippen molar-refractivity contribution < 1.29 is 19.1 Å². The van der Waals surface area contributed by atoms with Gasteiger partial charge in [-0.15, -0.1) is 0 Å². The van der Waals surface area contributed by atoms with Crippen LogP contribution in [0.3, 0.4) is 0 Å². The molecule has 0 radical (unpaired) electrons. The van der Waals surface area contributed by atoms with E-state index in [-0.39, 0.29) is 18.4 Å². The Hall–Kier alpha value is -2.61. The van der Waals surface area contributed by atoms with E-state index >= 15 is 0 Å². The Morgan fingerprint density at radius 2 is 1.70 bits per heavy atom. The van der Waals surface area contributed by atoms with Gasteiger partial charge in [-0.2, -0.15) is 0 Å². The van der Waals surface area contributed by atoms with Gasteiger partial charge in [-0.1, -0.05) is 48.5 Å². The van der Waals surface area contributed by atoms with Gasteiger partial charge in [-0.25, -0.2) is 4.39 Å². The first-order valence-corrected chi connectivity index (χ1v) is 10.3.